The number of amides is 7. The van der Waals surface area contributed by atoms with Gasteiger partial charge < -0.3 is 125 Å². The fourth-order valence-corrected chi connectivity index (χ4v) is 19.6. The third-order valence-corrected chi connectivity index (χ3v) is 27.3. The lowest BCUT2D eigenvalue weighted by Gasteiger charge is -2.36. The number of anilines is 6. The number of nitrogens with zero attached hydrogens (tertiary/aromatic N) is 14. The number of thiophene rings is 2. The monoisotopic (exact) mass is 2070 g/mol. The number of fused-ring (bicyclic) bond motifs is 7. The van der Waals surface area contributed by atoms with Gasteiger partial charge in [0.2, 0.25) is 29.4 Å². The van der Waals surface area contributed by atoms with Crippen LogP contribution in [0.2, 0.25) is 5.15 Å². The van der Waals surface area contributed by atoms with Crippen LogP contribution in [0.15, 0.2) is 146 Å². The molecule has 18 heterocycles. The molecule has 9 aliphatic rings. The Morgan fingerprint density at radius 3 is 1.03 bits per heavy atom. The molecule has 7 amide bonds. The average Bonchev–Trinajstić information content (AvgIpc) is 1.67. The maximum absolute atomic E-state index is 13.0. The number of halogens is 1. The summed E-state index contributed by atoms with van der Waals surface area (Å²) >= 11 is 8.45. The molecule has 11 N–H and O–H groups in total. The highest BCUT2D eigenvalue weighted by Crippen LogP contribution is 2.38. The van der Waals surface area contributed by atoms with Crippen LogP contribution in [0.5, 0.6) is 29.4 Å². The number of hydrogen-bond acceptors (Lipinski definition) is 34. The summed E-state index contributed by atoms with van der Waals surface area (Å²) in [4.78, 5) is 135. The highest BCUT2D eigenvalue weighted by Gasteiger charge is 2.36. The lowest BCUT2D eigenvalue weighted by atomic mass is 10.1. The molecule has 4 fully saturated rings. The molecule has 0 radical (unpaired) electrons. The van der Waals surface area contributed by atoms with Crippen LogP contribution in [0.3, 0.4) is 0 Å². The van der Waals surface area contributed by atoms with Crippen molar-refractivity contribution in [2.45, 2.75) is 168 Å². The van der Waals surface area contributed by atoms with Crippen LogP contribution in [0.1, 0.15) is 132 Å². The van der Waals surface area contributed by atoms with Gasteiger partial charge in [-0.25, -0.2) is 38.9 Å². The molecule has 0 unspecified atom stereocenters. The van der Waals surface area contributed by atoms with E-state index in [1.54, 1.807) is 20.8 Å². The standard InChI is InChI=1S/C26H32N6O4S.C25H32N4O5.C21H24N6O2S.C17H26N4O3.C16H15ClN2O3/c1-15-5-7-18-20(27)21(37-24(18)28-15)22(33)29-17-13-16-6-8-19(30-23(16)35-14-17)31-9-11-32(12-10-31)25(34)36-26(2,3)4;1-25(2,3)34-24(31)29-13-11-28(12-14-29)21-10-9-19-15-20(17-32-22(19)27-21)26-23(30)33-16-18-7-5-4-6-8-18;1-12-2-4-15-17(22)18(30-21(15)24-12)19(28)25-14-10-13-3-5-16(26-20(13)29-11-14)27-8-6-23-7-9-27;1-17(2,3)24-16(22)21-8-6-20(7-9-21)14-5-4-12-10-13(18)11-23-15(12)19-14;17-14-7-6-12-8-13(10-21-15(12)19-14)18-16(20)22-9-11-4-2-1-3-5-11/h5-8,17H,9-14,27H2,1-4H3,(H,29,33);4-10,20H,11-17H2,1-3H3,(H,26,30);2-5,14,23H,6-11,22H2,1H3,(H,25,28);4-5,13H,6-11,18H2,1-3H3;1-7,13H,8-10H2,(H,18,20)/t17-;20-;14-;2*13-/m11111/s1. The Kier molecular flexibility index (Phi) is 34.1. The van der Waals surface area contributed by atoms with E-state index in [1.807, 2.05) is 210 Å². The molecular weight excluding hydrogens is 1940 g/mol. The van der Waals surface area contributed by atoms with Crippen LogP contribution >= 0.6 is 34.3 Å². The van der Waals surface area contributed by atoms with Gasteiger partial charge in [0, 0.05) is 186 Å². The van der Waals surface area contributed by atoms with Crippen molar-refractivity contribution in [1.29, 1.82) is 0 Å². The molecule has 2 aromatic carbocycles. The number of nitrogen functional groups attached to an aromatic ring is 2. The van der Waals surface area contributed by atoms with Crippen molar-refractivity contribution in [3.05, 3.63) is 211 Å². The predicted octanol–water partition coefficient (Wildman–Crippen LogP) is 12.8. The number of ether oxygens (including phenoxy) is 10. The van der Waals surface area contributed by atoms with E-state index in [0.29, 0.717) is 180 Å². The third kappa shape index (κ3) is 28.9. The highest BCUT2D eigenvalue weighted by molar-refractivity contribution is 7.21. The first-order valence-electron chi connectivity index (χ1n) is 49.5. The maximum atomic E-state index is 13.0. The molecule has 780 valence electrons. The Morgan fingerprint density at radius 2 is 0.687 bits per heavy atom. The molecule has 147 heavy (non-hydrogen) atoms. The number of aryl methyl sites for hydroxylation is 2. The van der Waals surface area contributed by atoms with Crippen molar-refractivity contribution in [3.63, 3.8) is 0 Å². The summed E-state index contributed by atoms with van der Waals surface area (Å²) in [5.74, 6) is 6.10. The molecule has 0 saturated carbocycles. The topological polar surface area (TPSA) is 463 Å². The first-order chi connectivity index (χ1) is 70.4. The summed E-state index contributed by atoms with van der Waals surface area (Å²) in [7, 11) is 0. The van der Waals surface area contributed by atoms with Crippen molar-refractivity contribution in [1.82, 2.24) is 76.2 Å². The van der Waals surface area contributed by atoms with E-state index in [0.717, 1.165) is 140 Å². The van der Waals surface area contributed by atoms with Gasteiger partial charge in [0.15, 0.2) is 0 Å². The number of hydrogen-bond donors (Lipinski definition) is 8. The van der Waals surface area contributed by atoms with Gasteiger partial charge in [0.25, 0.3) is 11.8 Å². The zero-order valence-corrected chi connectivity index (χ0v) is 87.1. The van der Waals surface area contributed by atoms with Gasteiger partial charge in [-0.2, -0.15) is 19.9 Å². The number of alkyl carbamates (subject to hydrolysis) is 2. The van der Waals surface area contributed by atoms with Gasteiger partial charge in [0.05, 0.1) is 35.5 Å². The van der Waals surface area contributed by atoms with E-state index in [4.69, 9.17) is 86.1 Å². The van der Waals surface area contributed by atoms with Crippen LogP contribution in [0, 0.1) is 13.8 Å². The van der Waals surface area contributed by atoms with E-state index < -0.39 is 29.0 Å². The van der Waals surface area contributed by atoms with Crippen molar-refractivity contribution < 1.29 is 80.9 Å². The molecule has 11 aromatic rings. The largest absolute Gasteiger partial charge is 0.476 e. The number of piperazine rings is 4. The third-order valence-electron chi connectivity index (χ3n) is 24.9. The normalized spacial score (nSPS) is 18.3. The predicted molar refractivity (Wildman–Crippen MR) is 562 cm³/mol. The number of aromatic nitrogens is 7. The summed E-state index contributed by atoms with van der Waals surface area (Å²) < 4.78 is 55.7. The van der Waals surface area contributed by atoms with Crippen LogP contribution in [-0.4, -0.2) is 277 Å². The molecule has 20 rings (SSSR count). The number of carbonyl (C=O) groups excluding carboxylic acids is 7. The molecule has 0 aliphatic carbocycles. The lowest BCUT2D eigenvalue weighted by Crippen LogP contribution is -2.50. The molecule has 5 atom stereocenters. The molecular formula is C105H129ClN22O17S2. The van der Waals surface area contributed by atoms with E-state index in [1.165, 1.54) is 22.7 Å². The summed E-state index contributed by atoms with van der Waals surface area (Å²) in [5.41, 5.74) is 26.4. The van der Waals surface area contributed by atoms with Gasteiger partial charge in [-0.1, -0.05) is 78.3 Å². The van der Waals surface area contributed by atoms with Crippen molar-refractivity contribution in [2.75, 3.05) is 169 Å². The molecule has 9 aliphatic heterocycles. The fourth-order valence-electron chi connectivity index (χ4n) is 17.4. The van der Waals surface area contributed by atoms with Gasteiger partial charge in [-0.15, -0.1) is 22.7 Å². The SMILES string of the molecule is CC(C)(C)OC(=O)N1CCN(c2ccc3c(n2)OC[C@H](N)C3)CC1.CC(C)(C)OC(=O)N1CCN(c2ccc3c(n2)OC[C@H](NC(=O)OCc2ccccc2)C3)CC1.Cc1ccc2c(N)c(C(=O)N[C@H]3COc4nc(N5CCN(C(=O)OC(C)(C)C)CC5)ccc4C3)sc2n1.Cc1ccc2c(N)c(C(=O)N[C@H]3COc4nc(N5CCNCC5)ccc4C3)sc2n1.O=C(N[C@H]1COc2nc(Cl)ccc2C1)OCc1ccccc1. The minimum atomic E-state index is -0.510. The first-order valence-corrected chi connectivity index (χ1v) is 51.5. The second kappa shape index (κ2) is 47.5. The zero-order chi connectivity index (χ0) is 104. The number of pyridine rings is 7. The molecule has 0 bridgehead atoms. The van der Waals surface area contributed by atoms with Gasteiger partial charge in [-0.3, -0.25) is 9.59 Å². The smallest absolute Gasteiger partial charge is 0.410 e. The van der Waals surface area contributed by atoms with E-state index in [-0.39, 0.29) is 73.5 Å². The number of carbonyl (C=O) groups is 7. The molecule has 0 spiro atoms. The number of nitrogens with two attached hydrogens (primary N) is 3. The minimum absolute atomic E-state index is 0.0440. The first kappa shape index (κ1) is 106. The second-order valence-corrected chi connectivity index (χ2v) is 42.4. The van der Waals surface area contributed by atoms with Crippen LogP contribution in [0.25, 0.3) is 20.4 Å². The Labute approximate surface area is 866 Å². The summed E-state index contributed by atoms with van der Waals surface area (Å²) in [6.07, 6.45) is 1.61. The molecule has 4 saturated heterocycles. The maximum Gasteiger partial charge on any atom is 0.410 e. The van der Waals surface area contributed by atoms with Gasteiger partial charge >= 0.3 is 30.5 Å². The molecule has 39 nitrogen and oxygen atoms in total. The summed E-state index contributed by atoms with van der Waals surface area (Å²) in [5, 5.41) is 17.1. The second-order valence-electron chi connectivity index (χ2n) is 40.0. The Bertz CT molecular complexity index is 6480. The molecule has 42 heteroatoms. The van der Waals surface area contributed by atoms with E-state index >= 15 is 0 Å². The Balaban J connectivity index is 0.000000133. The summed E-state index contributed by atoms with van der Waals surface area (Å²) in [6.45, 7) is 34.5. The van der Waals surface area contributed by atoms with Gasteiger partial charge in [-0.05, 0) is 173 Å². The zero-order valence-electron chi connectivity index (χ0n) is 84.7. The van der Waals surface area contributed by atoms with Gasteiger partial charge in [0.1, 0.15) is 111 Å². The number of rotatable bonds is 14. The van der Waals surface area contributed by atoms with Crippen molar-refractivity contribution >= 4 is 132 Å². The van der Waals surface area contributed by atoms with Crippen molar-refractivity contribution in [2.24, 2.45) is 5.73 Å². The number of benzene rings is 2. The highest BCUT2D eigenvalue weighted by atomic mass is 35.5. The lowest BCUT2D eigenvalue weighted by molar-refractivity contribution is 0.0230. The quantitative estimate of drug-likeness (QED) is 0.0370. The average molecular weight is 2070 g/mol. The van der Waals surface area contributed by atoms with Crippen LogP contribution < -0.4 is 87.1 Å². The number of nitrogens with one attached hydrogen (secondary N) is 5. The molecule has 9 aromatic heterocycles. The Hall–Kier alpha value is -14.3. The van der Waals surface area contributed by atoms with E-state index in [2.05, 4.69) is 77.2 Å². The van der Waals surface area contributed by atoms with Crippen molar-refractivity contribution in [3.8, 4) is 29.4 Å². The van der Waals surface area contributed by atoms with Crippen LogP contribution in [-0.2, 0) is 69.0 Å². The van der Waals surface area contributed by atoms with E-state index in [9.17, 15) is 33.6 Å². The van der Waals surface area contributed by atoms with Crippen LogP contribution in [0.4, 0.5) is 58.6 Å². The summed E-state index contributed by atoms with van der Waals surface area (Å²) in [6, 6.07) is 45.7. The fraction of sp³-hybridized carbons (Fsp3) is 0.448. The minimum Gasteiger partial charge on any atom is -0.476 e. The Morgan fingerprint density at radius 1 is 0.381 bits per heavy atom.